The molecule has 0 amide bonds. The Balaban J connectivity index is 2.31. The maximum Gasteiger partial charge on any atom is 0.132 e. The first kappa shape index (κ1) is 8.60. The lowest BCUT2D eigenvalue weighted by Gasteiger charge is -2.08. The second kappa shape index (κ2) is 3.40. The van der Waals surface area contributed by atoms with Gasteiger partial charge >= 0.3 is 0 Å². The van der Waals surface area contributed by atoms with Crippen molar-refractivity contribution in [1.82, 2.24) is 5.48 Å². The van der Waals surface area contributed by atoms with Gasteiger partial charge in [-0.25, -0.2) is 0 Å². The number of hydroxylamine groups is 1. The van der Waals surface area contributed by atoms with Crippen LogP contribution < -0.4 is 5.48 Å². The molecule has 0 spiro atoms. The molecule has 68 valence electrons. The van der Waals surface area contributed by atoms with E-state index >= 15 is 0 Å². The zero-order valence-electron chi connectivity index (χ0n) is 7.25. The van der Waals surface area contributed by atoms with E-state index in [2.05, 4.69) is 5.48 Å². The molecular formula is C10H10ClNO. The third kappa shape index (κ3) is 1.69. The highest BCUT2D eigenvalue weighted by Gasteiger charge is 2.17. The number of halogens is 1. The molecule has 1 aromatic rings. The third-order valence-electron chi connectivity index (χ3n) is 1.96. The van der Waals surface area contributed by atoms with Gasteiger partial charge in [-0.3, -0.25) is 10.3 Å². The molecule has 1 atom stereocenters. The van der Waals surface area contributed by atoms with Crippen LogP contribution in [-0.2, 0) is 4.84 Å². The minimum Gasteiger partial charge on any atom is -0.271 e. The molecule has 1 N–H and O–H groups in total. The lowest BCUT2D eigenvalue weighted by Crippen LogP contribution is -2.06. The van der Waals surface area contributed by atoms with Gasteiger partial charge in [0.2, 0.25) is 0 Å². The predicted octanol–water partition coefficient (Wildman–Crippen LogP) is 2.82. The normalized spacial score (nSPS) is 21.1. The summed E-state index contributed by atoms with van der Waals surface area (Å²) < 4.78 is 0. The average molecular weight is 196 g/mol. The van der Waals surface area contributed by atoms with Crippen LogP contribution in [0.4, 0.5) is 0 Å². The van der Waals surface area contributed by atoms with Gasteiger partial charge in [0.1, 0.15) is 6.10 Å². The smallest absolute Gasteiger partial charge is 0.132 e. The van der Waals surface area contributed by atoms with Gasteiger partial charge in [0.05, 0.1) is 0 Å². The summed E-state index contributed by atoms with van der Waals surface area (Å²) >= 11 is 6.01. The van der Waals surface area contributed by atoms with Crippen molar-refractivity contribution >= 4 is 11.6 Å². The molecule has 0 saturated carbocycles. The van der Waals surface area contributed by atoms with E-state index in [1.54, 1.807) is 0 Å². The fourth-order valence-corrected chi connectivity index (χ4v) is 1.55. The summed E-state index contributed by atoms with van der Waals surface area (Å²) in [7, 11) is 0. The summed E-state index contributed by atoms with van der Waals surface area (Å²) in [6, 6.07) is 7.68. The van der Waals surface area contributed by atoms with Crippen LogP contribution in [0.1, 0.15) is 18.6 Å². The Bertz CT molecular complexity index is 349. The zero-order valence-corrected chi connectivity index (χ0v) is 8.01. The van der Waals surface area contributed by atoms with Crippen LogP contribution in [0.25, 0.3) is 0 Å². The van der Waals surface area contributed by atoms with E-state index in [1.165, 1.54) is 0 Å². The van der Waals surface area contributed by atoms with Crippen molar-refractivity contribution in [3.8, 4) is 0 Å². The monoisotopic (exact) mass is 195 g/mol. The van der Waals surface area contributed by atoms with Gasteiger partial charge in [0.25, 0.3) is 0 Å². The maximum atomic E-state index is 6.01. The minimum absolute atomic E-state index is 0.0614. The molecule has 1 aliphatic heterocycles. The highest BCUT2D eigenvalue weighted by atomic mass is 35.5. The van der Waals surface area contributed by atoms with Crippen molar-refractivity contribution in [2.24, 2.45) is 0 Å². The Morgan fingerprint density at radius 1 is 1.38 bits per heavy atom. The molecule has 2 nitrogen and oxygen atoms in total. The van der Waals surface area contributed by atoms with Crippen LogP contribution >= 0.6 is 11.6 Å². The lowest BCUT2D eigenvalue weighted by atomic mass is 10.1. The quantitative estimate of drug-likeness (QED) is 0.744. The highest BCUT2D eigenvalue weighted by Crippen LogP contribution is 2.29. The van der Waals surface area contributed by atoms with Gasteiger partial charge in [-0.15, -0.1) is 0 Å². The fourth-order valence-electron chi connectivity index (χ4n) is 1.31. The summed E-state index contributed by atoms with van der Waals surface area (Å²) in [5.41, 5.74) is 4.81. The van der Waals surface area contributed by atoms with Crippen molar-refractivity contribution in [1.29, 1.82) is 0 Å². The molecule has 0 saturated heterocycles. The van der Waals surface area contributed by atoms with Crippen molar-refractivity contribution in [2.75, 3.05) is 0 Å². The Morgan fingerprint density at radius 2 is 2.15 bits per heavy atom. The molecule has 2 rings (SSSR count). The van der Waals surface area contributed by atoms with Crippen LogP contribution in [0.15, 0.2) is 36.0 Å². The molecule has 1 aromatic carbocycles. The fraction of sp³-hybridized carbons (Fsp3) is 0.200. The maximum absolute atomic E-state index is 6.01. The van der Waals surface area contributed by atoms with E-state index in [0.717, 1.165) is 16.3 Å². The average Bonchev–Trinajstić information content (AvgIpc) is 2.53. The van der Waals surface area contributed by atoms with Gasteiger partial charge in [-0.1, -0.05) is 29.8 Å². The molecule has 3 heteroatoms. The van der Waals surface area contributed by atoms with Crippen molar-refractivity contribution in [3.63, 3.8) is 0 Å². The summed E-state index contributed by atoms with van der Waals surface area (Å²) in [5.74, 6) is 0. The van der Waals surface area contributed by atoms with Gasteiger partial charge in [0, 0.05) is 16.3 Å². The summed E-state index contributed by atoms with van der Waals surface area (Å²) in [6.07, 6.45) is 1.94. The number of rotatable bonds is 1. The molecule has 1 aliphatic rings. The topological polar surface area (TPSA) is 21.3 Å². The number of nitrogens with one attached hydrogen (secondary N) is 1. The summed E-state index contributed by atoms with van der Waals surface area (Å²) in [5, 5.41) is 0.736. The van der Waals surface area contributed by atoms with Crippen LogP contribution in [0, 0.1) is 0 Å². The van der Waals surface area contributed by atoms with Gasteiger partial charge in [0.15, 0.2) is 0 Å². The molecule has 0 fully saturated rings. The molecule has 1 unspecified atom stereocenters. The van der Waals surface area contributed by atoms with Crippen LogP contribution in [0.5, 0.6) is 0 Å². The Hall–Kier alpha value is -0.990. The molecule has 13 heavy (non-hydrogen) atoms. The zero-order chi connectivity index (χ0) is 9.26. The van der Waals surface area contributed by atoms with Gasteiger partial charge in [-0.2, -0.15) is 0 Å². The molecule has 0 radical (unpaired) electrons. The van der Waals surface area contributed by atoms with Crippen molar-refractivity contribution in [3.05, 3.63) is 46.6 Å². The Morgan fingerprint density at radius 3 is 2.77 bits per heavy atom. The standard InChI is InChI=1S/C10H10ClNO/c1-7-6-10(13-12-7)8-4-2-3-5-9(8)11/h2-6,10,12H,1H3. The SMILES string of the molecule is CC1=CC(c2ccccc2Cl)ON1. The Labute approximate surface area is 82.1 Å². The largest absolute Gasteiger partial charge is 0.271 e. The third-order valence-corrected chi connectivity index (χ3v) is 2.30. The van der Waals surface area contributed by atoms with E-state index < -0.39 is 0 Å². The highest BCUT2D eigenvalue weighted by molar-refractivity contribution is 6.31. The first-order valence-corrected chi connectivity index (χ1v) is 4.49. The molecule has 1 heterocycles. The van der Waals surface area contributed by atoms with E-state index in [-0.39, 0.29) is 6.10 Å². The molecule has 0 aliphatic carbocycles. The van der Waals surface area contributed by atoms with Crippen LogP contribution in [0.3, 0.4) is 0 Å². The second-order valence-electron chi connectivity index (χ2n) is 3.01. The van der Waals surface area contributed by atoms with Crippen LogP contribution in [0.2, 0.25) is 5.02 Å². The van der Waals surface area contributed by atoms with Gasteiger partial charge < -0.3 is 0 Å². The van der Waals surface area contributed by atoms with Gasteiger partial charge in [-0.05, 0) is 19.1 Å². The number of hydrogen-bond acceptors (Lipinski definition) is 2. The van der Waals surface area contributed by atoms with Crippen LogP contribution in [-0.4, -0.2) is 0 Å². The number of allylic oxidation sites excluding steroid dienone is 1. The first-order valence-electron chi connectivity index (χ1n) is 4.12. The molecule has 0 aromatic heterocycles. The Kier molecular flexibility index (Phi) is 2.25. The second-order valence-corrected chi connectivity index (χ2v) is 3.42. The van der Waals surface area contributed by atoms with E-state index in [1.807, 2.05) is 37.3 Å². The molecular weight excluding hydrogens is 186 g/mol. The number of benzene rings is 1. The first-order chi connectivity index (χ1) is 6.27. The minimum atomic E-state index is -0.0614. The molecule has 0 bridgehead atoms. The van der Waals surface area contributed by atoms with E-state index in [9.17, 15) is 0 Å². The van der Waals surface area contributed by atoms with Crippen molar-refractivity contribution in [2.45, 2.75) is 13.0 Å². The van der Waals surface area contributed by atoms with E-state index in [4.69, 9.17) is 16.4 Å². The van der Waals surface area contributed by atoms with Crippen molar-refractivity contribution < 1.29 is 4.84 Å². The lowest BCUT2D eigenvalue weighted by molar-refractivity contribution is 0.0422. The van der Waals surface area contributed by atoms with E-state index in [0.29, 0.717) is 0 Å². The summed E-state index contributed by atoms with van der Waals surface area (Å²) in [6.45, 7) is 1.96. The number of hydrogen-bond donors (Lipinski definition) is 1. The summed E-state index contributed by atoms with van der Waals surface area (Å²) in [4.78, 5) is 5.31. The predicted molar refractivity (Wildman–Crippen MR) is 52.2 cm³/mol.